The molecule has 0 aliphatic carbocycles. The van der Waals surface area contributed by atoms with E-state index in [0.717, 1.165) is 10.5 Å². The van der Waals surface area contributed by atoms with E-state index in [0.29, 0.717) is 5.76 Å². The van der Waals surface area contributed by atoms with E-state index in [1.54, 1.807) is 17.8 Å². The van der Waals surface area contributed by atoms with Crippen LogP contribution in [0.25, 0.3) is 0 Å². The highest BCUT2D eigenvalue weighted by Gasteiger charge is 2.15. The summed E-state index contributed by atoms with van der Waals surface area (Å²) in [5.74, 6) is -0.470. The van der Waals surface area contributed by atoms with Crippen molar-refractivity contribution in [1.29, 1.82) is 0 Å². The molecule has 0 bridgehead atoms. The SMILES string of the molecule is CC(Sc1ccc(CO)cc1)c1ccc(C(=O)O)o1. The summed E-state index contributed by atoms with van der Waals surface area (Å²) in [4.78, 5) is 11.8. The molecular formula is C14H14O4S. The number of aromatic carboxylic acids is 1. The first-order valence-electron chi connectivity index (χ1n) is 5.79. The van der Waals surface area contributed by atoms with E-state index in [4.69, 9.17) is 14.6 Å². The minimum atomic E-state index is -1.06. The van der Waals surface area contributed by atoms with E-state index in [2.05, 4.69) is 0 Å². The first-order valence-corrected chi connectivity index (χ1v) is 6.67. The molecular weight excluding hydrogens is 264 g/mol. The van der Waals surface area contributed by atoms with Gasteiger partial charge in [-0.25, -0.2) is 4.79 Å². The first-order chi connectivity index (χ1) is 9.10. The van der Waals surface area contributed by atoms with Crippen molar-refractivity contribution in [2.24, 2.45) is 0 Å². The maximum Gasteiger partial charge on any atom is 0.371 e. The lowest BCUT2D eigenvalue weighted by atomic mass is 10.2. The summed E-state index contributed by atoms with van der Waals surface area (Å²) in [5.41, 5.74) is 0.864. The van der Waals surface area contributed by atoms with Crippen LogP contribution in [0.1, 0.15) is 34.1 Å². The average molecular weight is 278 g/mol. The predicted molar refractivity (Wildman–Crippen MR) is 72.3 cm³/mol. The number of carboxylic acids is 1. The van der Waals surface area contributed by atoms with Crippen LogP contribution in [0.5, 0.6) is 0 Å². The van der Waals surface area contributed by atoms with Crippen molar-refractivity contribution in [3.05, 3.63) is 53.5 Å². The fraction of sp³-hybridized carbons (Fsp3) is 0.214. The highest BCUT2D eigenvalue weighted by atomic mass is 32.2. The molecule has 0 radical (unpaired) electrons. The quantitative estimate of drug-likeness (QED) is 0.821. The summed E-state index contributed by atoms with van der Waals surface area (Å²) in [6, 6.07) is 10.7. The Morgan fingerprint density at radius 1 is 1.26 bits per heavy atom. The molecule has 2 rings (SSSR count). The molecule has 0 amide bonds. The minimum absolute atomic E-state index is 0.0214. The molecule has 1 aromatic carbocycles. The molecule has 1 aromatic heterocycles. The monoisotopic (exact) mass is 278 g/mol. The summed E-state index contributed by atoms with van der Waals surface area (Å²) < 4.78 is 5.26. The van der Waals surface area contributed by atoms with E-state index >= 15 is 0 Å². The van der Waals surface area contributed by atoms with Crippen molar-refractivity contribution in [3.8, 4) is 0 Å². The second-order valence-corrected chi connectivity index (χ2v) is 5.48. The van der Waals surface area contributed by atoms with Crippen LogP contribution in [0.2, 0.25) is 0 Å². The van der Waals surface area contributed by atoms with Gasteiger partial charge in [0, 0.05) is 4.90 Å². The Morgan fingerprint density at radius 2 is 1.95 bits per heavy atom. The minimum Gasteiger partial charge on any atom is -0.475 e. The maximum absolute atomic E-state index is 10.7. The third-order valence-electron chi connectivity index (χ3n) is 2.66. The third-order valence-corrected chi connectivity index (χ3v) is 3.79. The Morgan fingerprint density at radius 3 is 2.47 bits per heavy atom. The normalized spacial score (nSPS) is 12.3. The number of carboxylic acid groups (broad SMARTS) is 1. The summed E-state index contributed by atoms with van der Waals surface area (Å²) in [6.45, 7) is 1.98. The van der Waals surface area contributed by atoms with E-state index in [9.17, 15) is 4.79 Å². The standard InChI is InChI=1S/C14H14O4S/c1-9(12-6-7-13(18-12)14(16)17)19-11-4-2-10(8-15)3-5-11/h2-7,9,15H,8H2,1H3,(H,16,17). The molecule has 5 heteroatoms. The van der Waals surface area contributed by atoms with Gasteiger partial charge in [-0.2, -0.15) is 0 Å². The van der Waals surface area contributed by atoms with E-state index in [1.165, 1.54) is 6.07 Å². The van der Waals surface area contributed by atoms with Crippen LogP contribution >= 0.6 is 11.8 Å². The van der Waals surface area contributed by atoms with Crippen molar-refractivity contribution in [2.75, 3.05) is 0 Å². The molecule has 2 aromatic rings. The number of aliphatic hydroxyl groups is 1. The molecule has 0 aliphatic rings. The van der Waals surface area contributed by atoms with Gasteiger partial charge in [0.05, 0.1) is 11.9 Å². The molecule has 100 valence electrons. The van der Waals surface area contributed by atoms with Crippen LogP contribution in [0.4, 0.5) is 0 Å². The number of hydrogen-bond acceptors (Lipinski definition) is 4. The van der Waals surface area contributed by atoms with Gasteiger partial charge in [0.1, 0.15) is 5.76 Å². The molecule has 1 atom stereocenters. The Bertz CT molecular complexity index is 559. The van der Waals surface area contributed by atoms with Crippen LogP contribution < -0.4 is 0 Å². The van der Waals surface area contributed by atoms with Gasteiger partial charge in [-0.1, -0.05) is 12.1 Å². The Balaban J connectivity index is 2.06. The number of hydrogen-bond donors (Lipinski definition) is 2. The van der Waals surface area contributed by atoms with Crippen molar-refractivity contribution >= 4 is 17.7 Å². The molecule has 4 nitrogen and oxygen atoms in total. The lowest BCUT2D eigenvalue weighted by Crippen LogP contribution is -1.92. The lowest BCUT2D eigenvalue weighted by Gasteiger charge is -2.08. The van der Waals surface area contributed by atoms with Gasteiger partial charge in [0.15, 0.2) is 0 Å². The Labute approximate surface area is 115 Å². The van der Waals surface area contributed by atoms with Crippen LogP contribution in [-0.2, 0) is 6.61 Å². The fourth-order valence-corrected chi connectivity index (χ4v) is 2.57. The van der Waals surface area contributed by atoms with Crippen LogP contribution in [-0.4, -0.2) is 16.2 Å². The molecule has 0 spiro atoms. The largest absolute Gasteiger partial charge is 0.475 e. The summed E-state index contributed by atoms with van der Waals surface area (Å²) >= 11 is 1.57. The molecule has 19 heavy (non-hydrogen) atoms. The van der Waals surface area contributed by atoms with Gasteiger partial charge >= 0.3 is 5.97 Å². The van der Waals surface area contributed by atoms with E-state index in [1.807, 2.05) is 31.2 Å². The first kappa shape index (κ1) is 13.7. The number of carbonyl (C=O) groups is 1. The lowest BCUT2D eigenvalue weighted by molar-refractivity contribution is 0.0660. The maximum atomic E-state index is 10.7. The van der Waals surface area contributed by atoms with Crippen LogP contribution in [0.3, 0.4) is 0 Å². The number of benzene rings is 1. The number of thioether (sulfide) groups is 1. The molecule has 1 heterocycles. The summed E-state index contributed by atoms with van der Waals surface area (Å²) in [6.07, 6.45) is 0. The Hall–Kier alpha value is -1.72. The molecule has 2 N–H and O–H groups in total. The highest BCUT2D eigenvalue weighted by molar-refractivity contribution is 7.99. The zero-order valence-corrected chi connectivity index (χ0v) is 11.2. The molecule has 0 saturated carbocycles. The van der Waals surface area contributed by atoms with Crippen LogP contribution in [0, 0.1) is 0 Å². The van der Waals surface area contributed by atoms with Gasteiger partial charge in [0.2, 0.25) is 5.76 Å². The smallest absolute Gasteiger partial charge is 0.371 e. The topological polar surface area (TPSA) is 70.7 Å². The van der Waals surface area contributed by atoms with Gasteiger partial charge in [-0.15, -0.1) is 11.8 Å². The van der Waals surface area contributed by atoms with Crippen molar-refractivity contribution in [2.45, 2.75) is 23.7 Å². The van der Waals surface area contributed by atoms with Gasteiger partial charge in [-0.05, 0) is 36.8 Å². The van der Waals surface area contributed by atoms with Gasteiger partial charge < -0.3 is 14.6 Å². The zero-order valence-electron chi connectivity index (χ0n) is 10.4. The van der Waals surface area contributed by atoms with Gasteiger partial charge in [-0.3, -0.25) is 0 Å². The summed E-state index contributed by atoms with van der Waals surface area (Å²) in [7, 11) is 0. The molecule has 1 unspecified atom stereocenters. The zero-order chi connectivity index (χ0) is 13.8. The molecule has 0 saturated heterocycles. The number of aliphatic hydroxyl groups excluding tert-OH is 1. The second-order valence-electron chi connectivity index (χ2n) is 4.07. The van der Waals surface area contributed by atoms with Crippen molar-refractivity contribution < 1.29 is 19.4 Å². The molecule has 0 aliphatic heterocycles. The third kappa shape index (κ3) is 3.39. The second kappa shape index (κ2) is 5.95. The average Bonchev–Trinajstić information content (AvgIpc) is 2.89. The summed E-state index contributed by atoms with van der Waals surface area (Å²) in [5, 5.41) is 17.8. The number of furan rings is 1. The number of rotatable bonds is 5. The van der Waals surface area contributed by atoms with Crippen molar-refractivity contribution in [3.63, 3.8) is 0 Å². The van der Waals surface area contributed by atoms with Crippen LogP contribution in [0.15, 0.2) is 45.7 Å². The fourth-order valence-electron chi connectivity index (χ4n) is 1.62. The highest BCUT2D eigenvalue weighted by Crippen LogP contribution is 2.35. The predicted octanol–water partition coefficient (Wildman–Crippen LogP) is 3.32. The van der Waals surface area contributed by atoms with E-state index < -0.39 is 5.97 Å². The van der Waals surface area contributed by atoms with Crippen molar-refractivity contribution in [1.82, 2.24) is 0 Å². The van der Waals surface area contributed by atoms with Gasteiger partial charge in [0.25, 0.3) is 0 Å². The Kier molecular flexibility index (Phi) is 4.29. The molecule has 0 fully saturated rings. The van der Waals surface area contributed by atoms with E-state index in [-0.39, 0.29) is 17.6 Å².